The van der Waals surface area contributed by atoms with Gasteiger partial charge in [-0.3, -0.25) is 4.79 Å². The van der Waals surface area contributed by atoms with Crippen LogP contribution in [0.2, 0.25) is 5.02 Å². The van der Waals surface area contributed by atoms with Crippen molar-refractivity contribution in [1.29, 1.82) is 0 Å². The first-order chi connectivity index (χ1) is 15.0. The molecule has 0 radical (unpaired) electrons. The van der Waals surface area contributed by atoms with Gasteiger partial charge in [0.15, 0.2) is 11.5 Å². The summed E-state index contributed by atoms with van der Waals surface area (Å²) in [6.45, 7) is 0.0899. The molecule has 2 heterocycles. The molecule has 1 aromatic heterocycles. The zero-order chi connectivity index (χ0) is 21.8. The van der Waals surface area contributed by atoms with E-state index in [9.17, 15) is 9.90 Å². The van der Waals surface area contributed by atoms with Gasteiger partial charge < -0.3 is 29.4 Å². The van der Waals surface area contributed by atoms with E-state index in [0.29, 0.717) is 22.9 Å². The van der Waals surface area contributed by atoms with Gasteiger partial charge in [-0.15, -0.1) is 5.10 Å². The van der Waals surface area contributed by atoms with Crippen molar-refractivity contribution in [2.45, 2.75) is 6.10 Å². The standard InChI is InChI=1S/C19H18ClN5O6/c1-28-17-6-15(25-9-22-23-24-25)14(20)5-13(17)19(27)21-7-11(26)8-29-12-2-3-16-18(4-12)31-10-30-16/h2-6,9,11,26H,7-8,10H2,1H3,(H,21,27). The molecule has 0 aliphatic carbocycles. The lowest BCUT2D eigenvalue weighted by molar-refractivity contribution is 0.0841. The number of fused-ring (bicyclic) bond motifs is 1. The van der Waals surface area contributed by atoms with Crippen LogP contribution in [-0.2, 0) is 0 Å². The molecule has 0 saturated heterocycles. The van der Waals surface area contributed by atoms with E-state index >= 15 is 0 Å². The summed E-state index contributed by atoms with van der Waals surface area (Å²) in [4.78, 5) is 12.6. The molecule has 0 bridgehead atoms. The molecule has 0 saturated carbocycles. The Bertz CT molecular complexity index is 1080. The zero-order valence-electron chi connectivity index (χ0n) is 16.3. The topological polar surface area (TPSA) is 130 Å². The van der Waals surface area contributed by atoms with Crippen molar-refractivity contribution >= 4 is 17.5 Å². The lowest BCUT2D eigenvalue weighted by Crippen LogP contribution is -2.35. The van der Waals surface area contributed by atoms with E-state index in [-0.39, 0.29) is 36.3 Å². The van der Waals surface area contributed by atoms with Crippen molar-refractivity contribution in [3.63, 3.8) is 0 Å². The van der Waals surface area contributed by atoms with Crippen molar-refractivity contribution in [1.82, 2.24) is 25.5 Å². The minimum absolute atomic E-state index is 0.0317. The predicted octanol–water partition coefficient (Wildman–Crippen LogP) is 1.22. The van der Waals surface area contributed by atoms with Gasteiger partial charge >= 0.3 is 0 Å². The van der Waals surface area contributed by atoms with E-state index in [0.717, 1.165) is 0 Å². The zero-order valence-corrected chi connectivity index (χ0v) is 17.1. The second kappa shape index (κ2) is 9.06. The number of aliphatic hydroxyl groups excluding tert-OH is 1. The van der Waals surface area contributed by atoms with E-state index in [2.05, 4.69) is 20.8 Å². The number of ether oxygens (including phenoxy) is 4. The van der Waals surface area contributed by atoms with Gasteiger partial charge in [0.1, 0.15) is 30.5 Å². The summed E-state index contributed by atoms with van der Waals surface area (Å²) in [6.07, 6.45) is 0.424. The Morgan fingerprint density at radius 3 is 2.94 bits per heavy atom. The van der Waals surface area contributed by atoms with Crippen molar-refractivity contribution in [2.75, 3.05) is 27.1 Å². The molecule has 1 atom stereocenters. The van der Waals surface area contributed by atoms with Crippen molar-refractivity contribution in [3.8, 4) is 28.7 Å². The number of aromatic nitrogens is 4. The molecule has 3 aromatic rings. The van der Waals surface area contributed by atoms with Gasteiger partial charge in [0.25, 0.3) is 5.91 Å². The maximum atomic E-state index is 12.6. The number of nitrogens with one attached hydrogen (secondary N) is 1. The Hall–Kier alpha value is -3.57. The number of rotatable bonds is 8. The molecular weight excluding hydrogens is 430 g/mol. The average molecular weight is 448 g/mol. The Labute approximate surface area is 181 Å². The Kier molecular flexibility index (Phi) is 6.05. The molecule has 2 N–H and O–H groups in total. The molecule has 4 rings (SSSR count). The molecule has 2 aromatic carbocycles. The van der Waals surface area contributed by atoms with Gasteiger partial charge in [0, 0.05) is 18.7 Å². The van der Waals surface area contributed by atoms with E-state index in [1.807, 2.05) is 0 Å². The second-order valence-corrected chi connectivity index (χ2v) is 6.86. The lowest BCUT2D eigenvalue weighted by atomic mass is 10.1. The fraction of sp³-hybridized carbons (Fsp3) is 0.263. The number of tetrazole rings is 1. The number of carbonyl (C=O) groups excluding carboxylic acids is 1. The van der Waals surface area contributed by atoms with E-state index in [1.54, 1.807) is 24.3 Å². The molecule has 0 spiro atoms. The minimum Gasteiger partial charge on any atom is -0.496 e. The number of halogens is 1. The van der Waals surface area contributed by atoms with Crippen LogP contribution >= 0.6 is 11.6 Å². The highest BCUT2D eigenvalue weighted by Crippen LogP contribution is 2.35. The van der Waals surface area contributed by atoms with Crippen LogP contribution in [0, 0.1) is 0 Å². The van der Waals surface area contributed by atoms with Gasteiger partial charge in [-0.1, -0.05) is 11.6 Å². The van der Waals surface area contributed by atoms with E-state index < -0.39 is 12.0 Å². The van der Waals surface area contributed by atoms with Crippen LogP contribution in [0.3, 0.4) is 0 Å². The van der Waals surface area contributed by atoms with Gasteiger partial charge in [-0.05, 0) is 28.6 Å². The molecule has 31 heavy (non-hydrogen) atoms. The highest BCUT2D eigenvalue weighted by molar-refractivity contribution is 6.33. The van der Waals surface area contributed by atoms with Crippen LogP contribution in [0.5, 0.6) is 23.0 Å². The molecule has 1 aliphatic rings. The minimum atomic E-state index is -0.948. The molecule has 12 heteroatoms. The van der Waals surface area contributed by atoms with Crippen LogP contribution in [0.25, 0.3) is 5.69 Å². The van der Waals surface area contributed by atoms with Crippen molar-refractivity contribution < 1.29 is 28.8 Å². The molecule has 1 unspecified atom stereocenters. The van der Waals surface area contributed by atoms with Crippen LogP contribution in [-0.4, -0.2) is 64.4 Å². The molecule has 0 fully saturated rings. The normalized spacial score (nSPS) is 13.0. The first kappa shape index (κ1) is 20.7. The number of hydrogen-bond donors (Lipinski definition) is 2. The smallest absolute Gasteiger partial charge is 0.255 e. The Morgan fingerprint density at radius 1 is 1.32 bits per heavy atom. The number of aliphatic hydroxyl groups is 1. The number of hydrogen-bond acceptors (Lipinski definition) is 9. The van der Waals surface area contributed by atoms with Crippen LogP contribution in [0.1, 0.15) is 10.4 Å². The van der Waals surface area contributed by atoms with Gasteiger partial charge in [0.2, 0.25) is 6.79 Å². The summed E-state index contributed by atoms with van der Waals surface area (Å²) in [5.41, 5.74) is 0.658. The quantitative estimate of drug-likeness (QED) is 0.523. The van der Waals surface area contributed by atoms with Crippen LogP contribution < -0.4 is 24.3 Å². The first-order valence-corrected chi connectivity index (χ1v) is 9.52. The molecular formula is C19H18ClN5O6. The third-order valence-corrected chi connectivity index (χ3v) is 4.70. The van der Waals surface area contributed by atoms with Gasteiger partial charge in [0.05, 0.1) is 23.4 Å². The van der Waals surface area contributed by atoms with E-state index in [4.69, 9.17) is 30.5 Å². The summed E-state index contributed by atoms with van der Waals surface area (Å²) < 4.78 is 22.7. The average Bonchev–Trinajstić information content (AvgIpc) is 3.47. The van der Waals surface area contributed by atoms with Crippen molar-refractivity contribution in [3.05, 3.63) is 47.2 Å². The molecule has 1 aliphatic heterocycles. The number of benzene rings is 2. The molecule has 1 amide bonds. The highest BCUT2D eigenvalue weighted by Gasteiger charge is 2.19. The summed E-state index contributed by atoms with van der Waals surface area (Å²) in [5.74, 6) is 1.54. The van der Waals surface area contributed by atoms with E-state index in [1.165, 1.54) is 24.2 Å². The SMILES string of the molecule is COc1cc(-n2cnnn2)c(Cl)cc1C(=O)NCC(O)COc1ccc2c(c1)OCO2. The number of carbonyl (C=O) groups is 1. The van der Waals surface area contributed by atoms with Gasteiger partial charge in [-0.25, -0.2) is 0 Å². The third kappa shape index (κ3) is 4.62. The van der Waals surface area contributed by atoms with Crippen LogP contribution in [0.4, 0.5) is 0 Å². The maximum absolute atomic E-state index is 12.6. The summed E-state index contributed by atoms with van der Waals surface area (Å²) in [6, 6.07) is 8.10. The van der Waals surface area contributed by atoms with Crippen LogP contribution in [0.15, 0.2) is 36.7 Å². The first-order valence-electron chi connectivity index (χ1n) is 9.14. The molecule has 162 valence electrons. The lowest BCUT2D eigenvalue weighted by Gasteiger charge is -2.15. The molecule has 11 nitrogen and oxygen atoms in total. The number of methoxy groups -OCH3 is 1. The number of amides is 1. The number of nitrogens with zero attached hydrogens (tertiary/aromatic N) is 4. The summed E-state index contributed by atoms with van der Waals surface area (Å²) in [7, 11) is 1.43. The largest absolute Gasteiger partial charge is 0.496 e. The summed E-state index contributed by atoms with van der Waals surface area (Å²) in [5, 5.41) is 24.0. The monoisotopic (exact) mass is 447 g/mol. The Morgan fingerprint density at radius 2 is 2.16 bits per heavy atom. The van der Waals surface area contributed by atoms with Gasteiger partial charge in [-0.2, -0.15) is 4.68 Å². The Balaban J connectivity index is 1.35. The summed E-state index contributed by atoms with van der Waals surface area (Å²) >= 11 is 6.27. The fourth-order valence-corrected chi connectivity index (χ4v) is 3.11. The predicted molar refractivity (Wildman–Crippen MR) is 107 cm³/mol. The fourth-order valence-electron chi connectivity index (χ4n) is 2.86. The third-order valence-electron chi connectivity index (χ3n) is 4.39. The maximum Gasteiger partial charge on any atom is 0.255 e. The van der Waals surface area contributed by atoms with Crippen molar-refractivity contribution in [2.24, 2.45) is 0 Å². The second-order valence-electron chi connectivity index (χ2n) is 6.45. The highest BCUT2D eigenvalue weighted by atomic mass is 35.5.